The molecule has 8 heteroatoms. The summed E-state index contributed by atoms with van der Waals surface area (Å²) in [5.74, 6) is -0.105. The number of aromatic nitrogens is 3. The SMILES string of the molecule is Cc1nc(CC(=O)Nc2ccc3[nH]c(=O)oc3c2)no1. The standard InChI is InChI=1S/C12H10N4O4/c1-6-13-10(16-20-6)5-11(17)14-7-2-3-8-9(4-7)19-12(18)15-8/h2-4H,5H2,1H3,(H,14,17)(H,15,18). The molecule has 0 aliphatic heterocycles. The van der Waals surface area contributed by atoms with Gasteiger partial charge in [0.2, 0.25) is 11.8 Å². The zero-order chi connectivity index (χ0) is 14.1. The number of benzene rings is 1. The second kappa shape index (κ2) is 4.65. The van der Waals surface area contributed by atoms with E-state index in [-0.39, 0.29) is 12.3 Å². The Balaban J connectivity index is 1.75. The predicted octanol–water partition coefficient (Wildman–Crippen LogP) is 0.994. The van der Waals surface area contributed by atoms with Crippen LogP contribution in [0.5, 0.6) is 0 Å². The summed E-state index contributed by atoms with van der Waals surface area (Å²) >= 11 is 0. The number of aryl methyl sites for hydroxylation is 1. The van der Waals surface area contributed by atoms with Crippen LogP contribution in [-0.2, 0) is 11.2 Å². The summed E-state index contributed by atoms with van der Waals surface area (Å²) in [4.78, 5) is 29.3. The van der Waals surface area contributed by atoms with Crippen molar-refractivity contribution in [3.63, 3.8) is 0 Å². The number of carbonyl (C=O) groups is 1. The Hall–Kier alpha value is -2.90. The highest BCUT2D eigenvalue weighted by Crippen LogP contribution is 2.16. The van der Waals surface area contributed by atoms with E-state index in [2.05, 4.69) is 20.4 Å². The third-order valence-electron chi connectivity index (χ3n) is 2.59. The number of H-pyrrole nitrogens is 1. The van der Waals surface area contributed by atoms with Gasteiger partial charge in [-0.2, -0.15) is 4.98 Å². The van der Waals surface area contributed by atoms with Crippen LogP contribution in [0.4, 0.5) is 5.69 Å². The number of fused-ring (bicyclic) bond motifs is 1. The van der Waals surface area contributed by atoms with Crippen molar-refractivity contribution in [1.82, 2.24) is 15.1 Å². The molecule has 3 rings (SSSR count). The quantitative estimate of drug-likeness (QED) is 0.736. The molecule has 8 nitrogen and oxygen atoms in total. The first-order chi connectivity index (χ1) is 9.60. The van der Waals surface area contributed by atoms with Gasteiger partial charge in [0.05, 0.1) is 11.9 Å². The Kier molecular flexibility index (Phi) is 2.82. The molecule has 3 aromatic rings. The van der Waals surface area contributed by atoms with Crippen LogP contribution < -0.4 is 11.1 Å². The van der Waals surface area contributed by atoms with Crippen LogP contribution in [-0.4, -0.2) is 21.0 Å². The Labute approximate surface area is 111 Å². The number of carbonyl (C=O) groups excluding carboxylic acids is 1. The largest absolute Gasteiger partial charge is 0.417 e. The van der Waals surface area contributed by atoms with Crippen molar-refractivity contribution >= 4 is 22.7 Å². The van der Waals surface area contributed by atoms with Crippen molar-refractivity contribution in [1.29, 1.82) is 0 Å². The first-order valence-electron chi connectivity index (χ1n) is 5.82. The zero-order valence-corrected chi connectivity index (χ0v) is 10.5. The third-order valence-corrected chi connectivity index (χ3v) is 2.59. The van der Waals surface area contributed by atoms with E-state index in [0.717, 1.165) is 0 Å². The summed E-state index contributed by atoms with van der Waals surface area (Å²) in [6.45, 7) is 1.65. The molecule has 0 atom stereocenters. The average Bonchev–Trinajstić information content (AvgIpc) is 2.93. The van der Waals surface area contributed by atoms with Gasteiger partial charge in [0.25, 0.3) is 0 Å². The third kappa shape index (κ3) is 2.44. The average molecular weight is 274 g/mol. The Morgan fingerprint density at radius 2 is 2.30 bits per heavy atom. The van der Waals surface area contributed by atoms with E-state index in [1.165, 1.54) is 0 Å². The van der Waals surface area contributed by atoms with E-state index >= 15 is 0 Å². The summed E-state index contributed by atoms with van der Waals surface area (Å²) in [7, 11) is 0. The number of anilines is 1. The lowest BCUT2D eigenvalue weighted by atomic mass is 10.2. The van der Waals surface area contributed by atoms with E-state index in [1.54, 1.807) is 25.1 Å². The molecule has 0 unspecified atom stereocenters. The lowest BCUT2D eigenvalue weighted by Crippen LogP contribution is -2.15. The van der Waals surface area contributed by atoms with E-state index in [0.29, 0.717) is 28.5 Å². The van der Waals surface area contributed by atoms with Crippen LogP contribution in [0.2, 0.25) is 0 Å². The summed E-state index contributed by atoms with van der Waals surface area (Å²) in [5.41, 5.74) is 1.47. The number of amides is 1. The van der Waals surface area contributed by atoms with E-state index in [4.69, 9.17) is 8.94 Å². The lowest BCUT2D eigenvalue weighted by molar-refractivity contribution is -0.115. The molecule has 0 aliphatic rings. The first-order valence-corrected chi connectivity index (χ1v) is 5.82. The Morgan fingerprint density at radius 1 is 1.45 bits per heavy atom. The molecule has 0 radical (unpaired) electrons. The fraction of sp³-hybridized carbons (Fsp3) is 0.167. The molecule has 1 aromatic carbocycles. The van der Waals surface area contributed by atoms with E-state index in [1.807, 2.05) is 0 Å². The molecule has 0 saturated heterocycles. The number of oxazole rings is 1. The minimum Gasteiger partial charge on any atom is -0.408 e. The van der Waals surface area contributed by atoms with Crippen LogP contribution in [0.15, 0.2) is 31.9 Å². The topological polar surface area (TPSA) is 114 Å². The van der Waals surface area contributed by atoms with Gasteiger partial charge < -0.3 is 14.3 Å². The fourth-order valence-corrected chi connectivity index (χ4v) is 1.79. The van der Waals surface area contributed by atoms with Gasteiger partial charge in [-0.05, 0) is 12.1 Å². The Bertz CT molecular complexity index is 829. The molecule has 0 bridgehead atoms. The summed E-state index contributed by atoms with van der Waals surface area (Å²) in [5, 5.41) is 6.30. The molecular formula is C12H10N4O4. The van der Waals surface area contributed by atoms with E-state index < -0.39 is 5.76 Å². The van der Waals surface area contributed by atoms with Gasteiger partial charge in [-0.3, -0.25) is 9.78 Å². The van der Waals surface area contributed by atoms with Gasteiger partial charge in [0.15, 0.2) is 11.4 Å². The van der Waals surface area contributed by atoms with Crippen molar-refractivity contribution in [3.05, 3.63) is 40.5 Å². The van der Waals surface area contributed by atoms with Crippen LogP contribution in [0.1, 0.15) is 11.7 Å². The number of hydrogen-bond acceptors (Lipinski definition) is 6. The van der Waals surface area contributed by atoms with Gasteiger partial charge in [-0.15, -0.1) is 0 Å². The molecule has 2 aromatic heterocycles. The molecule has 2 N–H and O–H groups in total. The van der Waals surface area contributed by atoms with Gasteiger partial charge in [-0.25, -0.2) is 4.79 Å². The van der Waals surface area contributed by atoms with Crippen LogP contribution >= 0.6 is 0 Å². The predicted molar refractivity (Wildman–Crippen MR) is 68.2 cm³/mol. The Morgan fingerprint density at radius 3 is 3.05 bits per heavy atom. The zero-order valence-electron chi connectivity index (χ0n) is 10.5. The molecular weight excluding hydrogens is 264 g/mol. The van der Waals surface area contributed by atoms with Gasteiger partial charge in [-0.1, -0.05) is 5.16 Å². The van der Waals surface area contributed by atoms with Gasteiger partial charge >= 0.3 is 5.76 Å². The van der Waals surface area contributed by atoms with Crippen molar-refractivity contribution in [3.8, 4) is 0 Å². The minimum atomic E-state index is -0.536. The van der Waals surface area contributed by atoms with Crippen molar-refractivity contribution in [2.45, 2.75) is 13.3 Å². The highest BCUT2D eigenvalue weighted by Gasteiger charge is 2.10. The van der Waals surface area contributed by atoms with Gasteiger partial charge in [0, 0.05) is 18.7 Å². The summed E-state index contributed by atoms with van der Waals surface area (Å²) in [6.07, 6.45) is 0.00641. The van der Waals surface area contributed by atoms with Crippen molar-refractivity contribution in [2.24, 2.45) is 0 Å². The van der Waals surface area contributed by atoms with Crippen molar-refractivity contribution in [2.75, 3.05) is 5.32 Å². The molecule has 1 amide bonds. The van der Waals surface area contributed by atoms with Crippen molar-refractivity contribution < 1.29 is 13.7 Å². The maximum absolute atomic E-state index is 11.8. The highest BCUT2D eigenvalue weighted by atomic mass is 16.5. The second-order valence-electron chi connectivity index (χ2n) is 4.18. The highest BCUT2D eigenvalue weighted by molar-refractivity contribution is 5.93. The van der Waals surface area contributed by atoms with Crippen LogP contribution in [0, 0.1) is 6.92 Å². The monoisotopic (exact) mass is 274 g/mol. The maximum atomic E-state index is 11.8. The van der Waals surface area contributed by atoms with E-state index in [9.17, 15) is 9.59 Å². The first kappa shape index (κ1) is 12.2. The number of hydrogen-bond donors (Lipinski definition) is 2. The number of nitrogens with one attached hydrogen (secondary N) is 2. The molecule has 0 aliphatic carbocycles. The smallest absolute Gasteiger partial charge is 0.408 e. The van der Waals surface area contributed by atoms with Crippen LogP contribution in [0.3, 0.4) is 0 Å². The van der Waals surface area contributed by atoms with Gasteiger partial charge in [0.1, 0.15) is 0 Å². The maximum Gasteiger partial charge on any atom is 0.417 e. The fourth-order valence-electron chi connectivity index (χ4n) is 1.79. The minimum absolute atomic E-state index is 0.00641. The number of nitrogens with zero attached hydrogens (tertiary/aromatic N) is 2. The molecule has 0 saturated carbocycles. The molecule has 102 valence electrons. The lowest BCUT2D eigenvalue weighted by Gasteiger charge is -2.02. The summed E-state index contributed by atoms with van der Waals surface area (Å²) < 4.78 is 9.69. The second-order valence-corrected chi connectivity index (χ2v) is 4.18. The number of aromatic amines is 1. The number of rotatable bonds is 3. The molecule has 2 heterocycles. The summed E-state index contributed by atoms with van der Waals surface area (Å²) in [6, 6.07) is 4.87. The normalized spacial score (nSPS) is 10.8. The molecule has 20 heavy (non-hydrogen) atoms. The molecule has 0 fully saturated rings. The van der Waals surface area contributed by atoms with Crippen LogP contribution in [0.25, 0.3) is 11.1 Å². The molecule has 0 spiro atoms.